The van der Waals surface area contributed by atoms with Crippen LogP contribution in [0.25, 0.3) is 0 Å². The van der Waals surface area contributed by atoms with Gasteiger partial charge in [-0.2, -0.15) is 8.78 Å². The quantitative estimate of drug-likeness (QED) is 0.663. The smallest absolute Gasteiger partial charge is 0.288 e. The number of carbonyl (C=O) groups excluding carboxylic acids is 1. The molecule has 0 aliphatic heterocycles. The molecule has 0 aliphatic carbocycles. The van der Waals surface area contributed by atoms with E-state index in [4.69, 9.17) is 0 Å². The predicted octanol–water partition coefficient (Wildman–Crippen LogP) is 3.87. The molecule has 0 bridgehead atoms. The molecular formula is C9H10F8OS. The number of hydrogen-bond acceptors (Lipinski definition) is 2. The molecule has 0 spiro atoms. The summed E-state index contributed by atoms with van der Waals surface area (Å²) in [5.74, 6) is -10.9. The third-order valence-electron chi connectivity index (χ3n) is 2.04. The minimum atomic E-state index is -5.52. The van der Waals surface area contributed by atoms with Gasteiger partial charge in [-0.25, -0.2) is 26.3 Å². The van der Waals surface area contributed by atoms with E-state index in [1.165, 1.54) is 0 Å². The molecule has 2 unspecified atom stereocenters. The van der Waals surface area contributed by atoms with Gasteiger partial charge in [-0.1, -0.05) is 11.8 Å². The molecule has 0 amide bonds. The van der Waals surface area contributed by atoms with Crippen molar-refractivity contribution in [1.82, 2.24) is 0 Å². The number of alkyl halides is 8. The summed E-state index contributed by atoms with van der Waals surface area (Å²) in [5, 5.41) is -0.603. The van der Waals surface area contributed by atoms with Gasteiger partial charge in [0, 0.05) is 19.1 Å². The van der Waals surface area contributed by atoms with E-state index in [-0.39, 0.29) is 0 Å². The van der Waals surface area contributed by atoms with Crippen LogP contribution >= 0.6 is 11.8 Å². The van der Waals surface area contributed by atoms with Crippen molar-refractivity contribution in [1.29, 1.82) is 0 Å². The molecule has 0 N–H and O–H groups in total. The number of hydrogen-bond donors (Lipinski definition) is 0. The average Bonchev–Trinajstić information content (AvgIpc) is 2.25. The monoisotopic (exact) mass is 318 g/mol. The zero-order valence-electron chi connectivity index (χ0n) is 9.49. The van der Waals surface area contributed by atoms with Gasteiger partial charge in [0.05, 0.1) is 0 Å². The normalized spacial score (nSPS) is 16.5. The fourth-order valence-electron chi connectivity index (χ4n) is 1.05. The van der Waals surface area contributed by atoms with Crippen molar-refractivity contribution in [3.8, 4) is 0 Å². The topological polar surface area (TPSA) is 17.1 Å². The summed E-state index contributed by atoms with van der Waals surface area (Å²) in [6, 6.07) is 0. The Morgan fingerprint density at radius 1 is 1.11 bits per heavy atom. The standard InChI is InChI=1S/C9H10F8OS/c1-4(18)19-3-2-8(14,15)7(13)9(16,17)5(10)6(11)12/h5-7H,2-3H2,1H3. The van der Waals surface area contributed by atoms with Crippen molar-refractivity contribution in [3.63, 3.8) is 0 Å². The first kappa shape index (κ1) is 18.5. The van der Waals surface area contributed by atoms with Crippen LogP contribution in [0.2, 0.25) is 0 Å². The molecule has 0 rings (SSSR count). The van der Waals surface area contributed by atoms with Crippen molar-refractivity contribution in [2.24, 2.45) is 0 Å². The second-order valence-corrected chi connectivity index (χ2v) is 4.90. The Morgan fingerprint density at radius 2 is 1.58 bits per heavy atom. The molecule has 0 radical (unpaired) electrons. The molecule has 0 aliphatic rings. The van der Waals surface area contributed by atoms with Crippen molar-refractivity contribution in [2.75, 3.05) is 5.75 Å². The van der Waals surface area contributed by atoms with Crippen LogP contribution in [0, 0.1) is 0 Å². The van der Waals surface area contributed by atoms with Crippen LogP contribution in [0.3, 0.4) is 0 Å². The van der Waals surface area contributed by atoms with Gasteiger partial charge in [0.2, 0.25) is 12.3 Å². The van der Waals surface area contributed by atoms with Crippen molar-refractivity contribution >= 4 is 16.9 Å². The molecule has 114 valence electrons. The molecule has 19 heavy (non-hydrogen) atoms. The molecule has 0 saturated carbocycles. The van der Waals surface area contributed by atoms with E-state index >= 15 is 0 Å². The zero-order chi connectivity index (χ0) is 15.4. The van der Waals surface area contributed by atoms with E-state index in [1.54, 1.807) is 0 Å². The highest BCUT2D eigenvalue weighted by atomic mass is 32.2. The summed E-state index contributed by atoms with van der Waals surface area (Å²) in [6.45, 7) is 1.01. The Bertz CT molecular complexity index is 309. The lowest BCUT2D eigenvalue weighted by atomic mass is 10.0. The minimum absolute atomic E-state index is 0.329. The highest BCUT2D eigenvalue weighted by Crippen LogP contribution is 2.41. The van der Waals surface area contributed by atoms with Gasteiger partial charge in [0.25, 0.3) is 12.3 Å². The van der Waals surface area contributed by atoms with Crippen LogP contribution in [-0.2, 0) is 4.79 Å². The summed E-state index contributed by atoms with van der Waals surface area (Å²) in [7, 11) is 0. The molecule has 1 nitrogen and oxygen atoms in total. The van der Waals surface area contributed by atoms with E-state index in [0.717, 1.165) is 6.92 Å². The Hall–Kier alpha value is -0.540. The SMILES string of the molecule is CC(=O)SCCC(F)(F)C(F)C(F)(F)C(F)C(F)F. The number of halogens is 8. The van der Waals surface area contributed by atoms with Crippen LogP contribution in [0.5, 0.6) is 0 Å². The lowest BCUT2D eigenvalue weighted by Crippen LogP contribution is -2.52. The van der Waals surface area contributed by atoms with Crippen LogP contribution in [-0.4, -0.2) is 41.5 Å². The summed E-state index contributed by atoms with van der Waals surface area (Å²) < 4.78 is 100. The first-order chi connectivity index (χ1) is 8.43. The van der Waals surface area contributed by atoms with E-state index in [2.05, 4.69) is 0 Å². The van der Waals surface area contributed by atoms with Gasteiger partial charge in [0.15, 0.2) is 5.12 Å². The summed E-state index contributed by atoms with van der Waals surface area (Å²) in [5.41, 5.74) is 0. The highest BCUT2D eigenvalue weighted by Gasteiger charge is 2.62. The van der Waals surface area contributed by atoms with Gasteiger partial charge in [-0.15, -0.1) is 0 Å². The van der Waals surface area contributed by atoms with E-state index < -0.39 is 47.9 Å². The van der Waals surface area contributed by atoms with Crippen LogP contribution in [0.1, 0.15) is 13.3 Å². The van der Waals surface area contributed by atoms with E-state index in [0.29, 0.717) is 11.8 Å². The summed E-state index contributed by atoms with van der Waals surface area (Å²) in [6.07, 6.45) is -14.5. The largest absolute Gasteiger partial charge is 0.320 e. The van der Waals surface area contributed by atoms with Crippen molar-refractivity contribution in [3.05, 3.63) is 0 Å². The third kappa shape index (κ3) is 5.15. The summed E-state index contributed by atoms with van der Waals surface area (Å²) >= 11 is 0.329. The summed E-state index contributed by atoms with van der Waals surface area (Å²) in [4.78, 5) is 10.4. The zero-order valence-corrected chi connectivity index (χ0v) is 10.3. The average molecular weight is 318 g/mol. The first-order valence-electron chi connectivity index (χ1n) is 4.88. The molecule has 2 atom stereocenters. The van der Waals surface area contributed by atoms with Crippen molar-refractivity contribution in [2.45, 2.75) is 44.0 Å². The molecule has 0 aromatic rings. The fourth-order valence-corrected chi connectivity index (χ4v) is 1.71. The maximum absolute atomic E-state index is 13.0. The van der Waals surface area contributed by atoms with E-state index in [9.17, 15) is 39.9 Å². The second kappa shape index (κ2) is 6.76. The molecule has 0 saturated heterocycles. The molecular weight excluding hydrogens is 308 g/mol. The number of thioether (sulfide) groups is 1. The Labute approximate surface area is 107 Å². The lowest BCUT2D eigenvalue weighted by Gasteiger charge is -2.29. The maximum Gasteiger partial charge on any atom is 0.320 e. The number of rotatable bonds is 7. The van der Waals surface area contributed by atoms with Gasteiger partial charge in [-0.05, 0) is 0 Å². The van der Waals surface area contributed by atoms with Gasteiger partial charge in [0.1, 0.15) is 0 Å². The third-order valence-corrected chi connectivity index (χ3v) is 2.85. The van der Waals surface area contributed by atoms with Crippen molar-refractivity contribution < 1.29 is 39.9 Å². The predicted molar refractivity (Wildman–Crippen MR) is 53.4 cm³/mol. The van der Waals surface area contributed by atoms with Gasteiger partial charge in [-0.3, -0.25) is 4.79 Å². The van der Waals surface area contributed by atoms with Crippen LogP contribution < -0.4 is 0 Å². The Kier molecular flexibility index (Phi) is 6.56. The van der Waals surface area contributed by atoms with E-state index in [1.807, 2.05) is 0 Å². The number of carbonyl (C=O) groups is 1. The second-order valence-electron chi connectivity index (χ2n) is 3.62. The van der Waals surface area contributed by atoms with Crippen LogP contribution in [0.15, 0.2) is 0 Å². The molecule has 10 heteroatoms. The molecule has 0 aromatic carbocycles. The van der Waals surface area contributed by atoms with Gasteiger partial charge >= 0.3 is 5.92 Å². The Morgan fingerprint density at radius 3 is 1.95 bits per heavy atom. The first-order valence-corrected chi connectivity index (χ1v) is 5.86. The Balaban J connectivity index is 4.75. The fraction of sp³-hybridized carbons (Fsp3) is 0.889. The van der Waals surface area contributed by atoms with Crippen LogP contribution in [0.4, 0.5) is 35.1 Å². The molecule has 0 heterocycles. The molecule has 0 fully saturated rings. The van der Waals surface area contributed by atoms with Gasteiger partial charge < -0.3 is 0 Å². The maximum atomic E-state index is 13.0. The lowest BCUT2D eigenvalue weighted by molar-refractivity contribution is -0.225. The minimum Gasteiger partial charge on any atom is -0.288 e. The highest BCUT2D eigenvalue weighted by molar-refractivity contribution is 8.13. The molecule has 0 aromatic heterocycles.